The van der Waals surface area contributed by atoms with E-state index in [1.165, 1.54) is 9.58 Å². The number of benzene rings is 1. The standard InChI is InChI=1S/C16H18N6O4/c1-20-11-7-10(3-4-12(11)26-9-14(20)23)16(24)22-5-6-25-13(8-22)15-17-18-19-21(15)2/h3-4,7,13H,5-6,8-9H2,1-2H3. The minimum Gasteiger partial charge on any atom is -0.482 e. The van der Waals surface area contributed by atoms with Crippen LogP contribution in [0.5, 0.6) is 5.75 Å². The van der Waals surface area contributed by atoms with Crippen molar-refractivity contribution in [2.45, 2.75) is 6.10 Å². The molecule has 2 aliphatic rings. The van der Waals surface area contributed by atoms with E-state index < -0.39 is 0 Å². The molecule has 1 unspecified atom stereocenters. The average Bonchev–Trinajstić information content (AvgIpc) is 3.10. The third-order valence-electron chi connectivity index (χ3n) is 4.59. The van der Waals surface area contributed by atoms with Crippen LogP contribution in [0.2, 0.25) is 0 Å². The summed E-state index contributed by atoms with van der Waals surface area (Å²) >= 11 is 0. The first kappa shape index (κ1) is 16.5. The van der Waals surface area contributed by atoms with Gasteiger partial charge in [-0.1, -0.05) is 0 Å². The smallest absolute Gasteiger partial charge is 0.264 e. The van der Waals surface area contributed by atoms with Gasteiger partial charge < -0.3 is 19.3 Å². The van der Waals surface area contributed by atoms with Crippen LogP contribution in [0.15, 0.2) is 18.2 Å². The zero-order valence-corrected chi connectivity index (χ0v) is 14.5. The van der Waals surface area contributed by atoms with E-state index in [9.17, 15) is 9.59 Å². The number of nitrogens with zero attached hydrogens (tertiary/aromatic N) is 6. The molecule has 10 nitrogen and oxygen atoms in total. The lowest BCUT2D eigenvalue weighted by atomic mass is 10.1. The summed E-state index contributed by atoms with van der Waals surface area (Å²) in [5.74, 6) is 0.881. The van der Waals surface area contributed by atoms with Crippen LogP contribution in [0, 0.1) is 0 Å². The van der Waals surface area contributed by atoms with Crippen LogP contribution < -0.4 is 9.64 Å². The number of aryl methyl sites for hydroxylation is 1. The Morgan fingerprint density at radius 3 is 2.92 bits per heavy atom. The van der Waals surface area contributed by atoms with Gasteiger partial charge in [-0.05, 0) is 28.6 Å². The summed E-state index contributed by atoms with van der Waals surface area (Å²) in [6, 6.07) is 5.11. The second-order valence-corrected chi connectivity index (χ2v) is 6.20. The number of rotatable bonds is 2. The Bertz CT molecular complexity index is 866. The highest BCUT2D eigenvalue weighted by atomic mass is 16.5. The largest absolute Gasteiger partial charge is 0.482 e. The second-order valence-electron chi connectivity index (χ2n) is 6.20. The molecule has 0 radical (unpaired) electrons. The Morgan fingerprint density at radius 2 is 2.15 bits per heavy atom. The van der Waals surface area contributed by atoms with Crippen LogP contribution in [0.25, 0.3) is 0 Å². The Kier molecular flexibility index (Phi) is 4.03. The lowest BCUT2D eigenvalue weighted by Crippen LogP contribution is -2.43. The van der Waals surface area contributed by atoms with E-state index in [4.69, 9.17) is 9.47 Å². The molecule has 1 fully saturated rings. The number of aromatic nitrogens is 4. The van der Waals surface area contributed by atoms with Crippen molar-refractivity contribution >= 4 is 17.5 Å². The quantitative estimate of drug-likeness (QED) is 0.731. The van der Waals surface area contributed by atoms with Gasteiger partial charge in [0.25, 0.3) is 11.8 Å². The molecular weight excluding hydrogens is 340 g/mol. The molecule has 0 saturated carbocycles. The lowest BCUT2D eigenvalue weighted by Gasteiger charge is -2.32. The van der Waals surface area contributed by atoms with Gasteiger partial charge in [-0.3, -0.25) is 9.59 Å². The van der Waals surface area contributed by atoms with Crippen LogP contribution in [0.4, 0.5) is 5.69 Å². The number of fused-ring (bicyclic) bond motifs is 1. The lowest BCUT2D eigenvalue weighted by molar-refractivity contribution is -0.120. The topological polar surface area (TPSA) is 103 Å². The summed E-state index contributed by atoms with van der Waals surface area (Å²) in [4.78, 5) is 28.0. The van der Waals surface area contributed by atoms with Gasteiger partial charge in [0.15, 0.2) is 12.4 Å². The first-order valence-corrected chi connectivity index (χ1v) is 8.21. The third kappa shape index (κ3) is 2.77. The predicted octanol–water partition coefficient (Wildman–Crippen LogP) is -0.221. The van der Waals surface area contributed by atoms with Gasteiger partial charge in [-0.15, -0.1) is 5.10 Å². The number of morpholine rings is 1. The van der Waals surface area contributed by atoms with Crippen LogP contribution in [0.1, 0.15) is 22.3 Å². The SMILES string of the molecule is CN1C(=O)COc2ccc(C(=O)N3CCOC(c4nnnn4C)C3)cc21. The van der Waals surface area contributed by atoms with Gasteiger partial charge >= 0.3 is 0 Å². The summed E-state index contributed by atoms with van der Waals surface area (Å²) in [5, 5.41) is 11.4. The van der Waals surface area contributed by atoms with E-state index in [0.717, 1.165) is 0 Å². The van der Waals surface area contributed by atoms with Crippen molar-refractivity contribution in [1.29, 1.82) is 0 Å². The summed E-state index contributed by atoms with van der Waals surface area (Å²) in [5.41, 5.74) is 1.08. The fourth-order valence-electron chi connectivity index (χ4n) is 3.09. The van der Waals surface area contributed by atoms with Gasteiger partial charge in [0.05, 0.1) is 18.8 Å². The minimum atomic E-state index is -0.377. The maximum atomic E-state index is 12.9. The van der Waals surface area contributed by atoms with Gasteiger partial charge in [-0.25, -0.2) is 4.68 Å². The monoisotopic (exact) mass is 358 g/mol. The predicted molar refractivity (Wildman–Crippen MR) is 88.7 cm³/mol. The third-order valence-corrected chi connectivity index (χ3v) is 4.59. The van der Waals surface area contributed by atoms with Gasteiger partial charge in [0.2, 0.25) is 0 Å². The Hall–Kier alpha value is -3.01. The molecule has 10 heteroatoms. The number of tetrazole rings is 1. The number of carbonyl (C=O) groups excluding carboxylic acids is 2. The summed E-state index contributed by atoms with van der Waals surface area (Å²) in [6.45, 7) is 1.24. The average molecular weight is 358 g/mol. The molecule has 1 saturated heterocycles. The molecule has 136 valence electrons. The molecule has 26 heavy (non-hydrogen) atoms. The van der Waals surface area contributed by atoms with Crippen molar-refractivity contribution in [3.8, 4) is 5.75 Å². The second kappa shape index (κ2) is 6.37. The number of carbonyl (C=O) groups is 2. The molecule has 4 rings (SSSR count). The zero-order valence-electron chi connectivity index (χ0n) is 14.5. The van der Waals surface area contributed by atoms with Crippen LogP contribution in [0.3, 0.4) is 0 Å². The molecule has 1 atom stereocenters. The van der Waals surface area contributed by atoms with E-state index in [1.54, 1.807) is 37.2 Å². The molecule has 0 spiro atoms. The van der Waals surface area contributed by atoms with Crippen LogP contribution in [-0.4, -0.2) is 70.3 Å². The maximum absolute atomic E-state index is 12.9. The molecule has 0 bridgehead atoms. The number of hydrogen-bond acceptors (Lipinski definition) is 7. The highest BCUT2D eigenvalue weighted by Crippen LogP contribution is 2.32. The molecule has 0 N–H and O–H groups in total. The van der Waals surface area contributed by atoms with Crippen molar-refractivity contribution in [3.63, 3.8) is 0 Å². The van der Waals surface area contributed by atoms with Crippen molar-refractivity contribution in [3.05, 3.63) is 29.6 Å². The van der Waals surface area contributed by atoms with E-state index in [0.29, 0.717) is 42.5 Å². The van der Waals surface area contributed by atoms with E-state index >= 15 is 0 Å². The first-order valence-electron chi connectivity index (χ1n) is 8.21. The normalized spacial score (nSPS) is 19.9. The fourth-order valence-corrected chi connectivity index (χ4v) is 3.09. The maximum Gasteiger partial charge on any atom is 0.264 e. The van der Waals surface area contributed by atoms with Gasteiger partial charge in [0, 0.05) is 26.2 Å². The van der Waals surface area contributed by atoms with Crippen LogP contribution >= 0.6 is 0 Å². The molecule has 2 amide bonds. The molecular formula is C16H18N6O4. The minimum absolute atomic E-state index is 0.00761. The molecule has 3 heterocycles. The number of likely N-dealkylation sites (N-methyl/N-ethyl adjacent to an activating group) is 1. The summed E-state index contributed by atoms with van der Waals surface area (Å²) < 4.78 is 12.7. The molecule has 1 aromatic heterocycles. The zero-order chi connectivity index (χ0) is 18.3. The first-order chi connectivity index (χ1) is 12.5. The van der Waals surface area contributed by atoms with Crippen molar-refractivity contribution < 1.29 is 19.1 Å². The number of hydrogen-bond donors (Lipinski definition) is 0. The molecule has 0 aliphatic carbocycles. The van der Waals surface area contributed by atoms with E-state index in [-0.39, 0.29) is 24.5 Å². The Labute approximate surface area is 149 Å². The van der Waals surface area contributed by atoms with Gasteiger partial charge in [0.1, 0.15) is 11.9 Å². The van der Waals surface area contributed by atoms with Crippen molar-refractivity contribution in [2.24, 2.45) is 7.05 Å². The Morgan fingerprint density at radius 1 is 1.31 bits per heavy atom. The van der Waals surface area contributed by atoms with E-state index in [2.05, 4.69) is 15.5 Å². The molecule has 2 aromatic rings. The van der Waals surface area contributed by atoms with Crippen molar-refractivity contribution in [2.75, 3.05) is 38.3 Å². The fraction of sp³-hybridized carbons (Fsp3) is 0.438. The van der Waals surface area contributed by atoms with Crippen molar-refractivity contribution in [1.82, 2.24) is 25.1 Å². The number of amides is 2. The molecule has 1 aromatic carbocycles. The highest BCUT2D eigenvalue weighted by molar-refractivity contribution is 6.01. The van der Waals surface area contributed by atoms with Gasteiger partial charge in [-0.2, -0.15) is 0 Å². The van der Waals surface area contributed by atoms with E-state index in [1.807, 2.05) is 0 Å². The highest BCUT2D eigenvalue weighted by Gasteiger charge is 2.30. The van der Waals surface area contributed by atoms with Crippen LogP contribution in [-0.2, 0) is 16.6 Å². The summed E-state index contributed by atoms with van der Waals surface area (Å²) in [7, 11) is 3.40. The number of anilines is 1. The number of ether oxygens (including phenoxy) is 2. The Balaban J connectivity index is 1.56. The summed E-state index contributed by atoms with van der Waals surface area (Å²) in [6.07, 6.45) is -0.377. The molecule has 2 aliphatic heterocycles.